The van der Waals surface area contributed by atoms with Crippen molar-refractivity contribution in [2.75, 3.05) is 17.2 Å². The Morgan fingerprint density at radius 3 is 2.84 bits per heavy atom. The predicted octanol–water partition coefficient (Wildman–Crippen LogP) is 1.20. The molecule has 7 nitrogen and oxygen atoms in total. The number of benzene rings is 1. The number of hydrogen-bond acceptors (Lipinski definition) is 5. The van der Waals surface area contributed by atoms with Gasteiger partial charge in [0.2, 0.25) is 0 Å². The van der Waals surface area contributed by atoms with Crippen LogP contribution < -0.4 is 10.6 Å². The van der Waals surface area contributed by atoms with Crippen molar-refractivity contribution in [2.24, 2.45) is 7.05 Å². The van der Waals surface area contributed by atoms with Gasteiger partial charge in [0.1, 0.15) is 0 Å². The van der Waals surface area contributed by atoms with E-state index >= 15 is 0 Å². The van der Waals surface area contributed by atoms with E-state index in [1.165, 1.54) is 4.80 Å². The smallest absolute Gasteiger partial charge is 0.270 e. The zero-order chi connectivity index (χ0) is 13.8. The van der Waals surface area contributed by atoms with Crippen LogP contribution in [0, 0.1) is 6.92 Å². The Hall–Kier alpha value is -2.44. The second-order valence-electron chi connectivity index (χ2n) is 4.14. The van der Waals surface area contributed by atoms with Gasteiger partial charge in [-0.2, -0.15) is 4.80 Å². The third kappa shape index (κ3) is 3.06. The fourth-order valence-corrected chi connectivity index (χ4v) is 1.69. The summed E-state index contributed by atoms with van der Waals surface area (Å²) in [6.07, 6.45) is 0. The van der Waals surface area contributed by atoms with Crippen molar-refractivity contribution in [2.45, 2.75) is 13.8 Å². The lowest BCUT2D eigenvalue weighted by atomic mass is 10.1. The van der Waals surface area contributed by atoms with E-state index in [1.807, 2.05) is 32.0 Å². The Labute approximate surface area is 111 Å². The third-order valence-corrected chi connectivity index (χ3v) is 2.52. The molecule has 2 aromatic rings. The molecule has 1 heterocycles. The van der Waals surface area contributed by atoms with Gasteiger partial charge in [0.25, 0.3) is 11.9 Å². The number of nitrogens with one attached hydrogen (secondary N) is 2. The molecule has 7 heteroatoms. The van der Waals surface area contributed by atoms with Crippen LogP contribution in [0.4, 0.5) is 11.6 Å². The van der Waals surface area contributed by atoms with Crippen LogP contribution in [-0.4, -0.2) is 32.7 Å². The van der Waals surface area contributed by atoms with Crippen LogP contribution in [0.3, 0.4) is 0 Å². The first kappa shape index (κ1) is 13.0. The standard InChI is InChI=1S/C12H16N6O/c1-4-13-10-6-5-8(2)7-9(10)11(19)14-12-15-17-18(3)16-12/h5-7,13H,4H2,1-3H3,(H,14,16,19). The number of carbonyl (C=O) groups excluding carboxylic acids is 1. The molecule has 0 fully saturated rings. The number of nitrogens with zero attached hydrogens (tertiary/aromatic N) is 4. The van der Waals surface area contributed by atoms with Crippen LogP contribution in [-0.2, 0) is 7.05 Å². The second kappa shape index (κ2) is 5.47. The summed E-state index contributed by atoms with van der Waals surface area (Å²) in [5.41, 5.74) is 2.36. The minimum absolute atomic E-state index is 0.191. The van der Waals surface area contributed by atoms with E-state index in [2.05, 4.69) is 26.0 Å². The first-order valence-electron chi connectivity index (χ1n) is 6.00. The Kier molecular flexibility index (Phi) is 3.74. The van der Waals surface area contributed by atoms with Crippen molar-refractivity contribution in [3.63, 3.8) is 0 Å². The highest BCUT2D eigenvalue weighted by atomic mass is 16.1. The van der Waals surface area contributed by atoms with Gasteiger partial charge in [-0.3, -0.25) is 10.1 Å². The number of anilines is 2. The van der Waals surface area contributed by atoms with Gasteiger partial charge in [-0.1, -0.05) is 16.7 Å². The molecule has 0 spiro atoms. The second-order valence-corrected chi connectivity index (χ2v) is 4.14. The number of amides is 1. The molecule has 2 rings (SSSR count). The number of carbonyl (C=O) groups is 1. The van der Waals surface area contributed by atoms with Crippen molar-refractivity contribution >= 4 is 17.5 Å². The zero-order valence-corrected chi connectivity index (χ0v) is 11.1. The summed E-state index contributed by atoms with van der Waals surface area (Å²) >= 11 is 0. The number of rotatable bonds is 4. The van der Waals surface area contributed by atoms with Crippen molar-refractivity contribution in [1.82, 2.24) is 20.2 Å². The molecule has 1 aromatic carbocycles. The van der Waals surface area contributed by atoms with Gasteiger partial charge in [0.05, 0.1) is 12.6 Å². The molecule has 0 saturated carbocycles. The van der Waals surface area contributed by atoms with Gasteiger partial charge in [0.15, 0.2) is 0 Å². The van der Waals surface area contributed by atoms with Crippen molar-refractivity contribution in [3.05, 3.63) is 29.3 Å². The molecule has 0 radical (unpaired) electrons. The summed E-state index contributed by atoms with van der Waals surface area (Å²) in [7, 11) is 1.64. The molecule has 0 atom stereocenters. The van der Waals surface area contributed by atoms with Gasteiger partial charge in [-0.05, 0) is 31.2 Å². The van der Waals surface area contributed by atoms with Crippen LogP contribution in [0.2, 0.25) is 0 Å². The third-order valence-electron chi connectivity index (χ3n) is 2.52. The van der Waals surface area contributed by atoms with Crippen molar-refractivity contribution in [3.8, 4) is 0 Å². The van der Waals surface area contributed by atoms with Crippen molar-refractivity contribution in [1.29, 1.82) is 0 Å². The lowest BCUT2D eigenvalue weighted by Gasteiger charge is -2.10. The fourth-order valence-electron chi connectivity index (χ4n) is 1.69. The molecule has 0 unspecified atom stereocenters. The average Bonchev–Trinajstić information content (AvgIpc) is 2.77. The van der Waals surface area contributed by atoms with Crippen LogP contribution in [0.15, 0.2) is 18.2 Å². The molecule has 0 aliphatic rings. The van der Waals surface area contributed by atoms with Gasteiger partial charge in [0, 0.05) is 12.2 Å². The van der Waals surface area contributed by atoms with E-state index in [9.17, 15) is 4.79 Å². The maximum absolute atomic E-state index is 12.2. The summed E-state index contributed by atoms with van der Waals surface area (Å²) < 4.78 is 0. The molecule has 19 heavy (non-hydrogen) atoms. The molecular weight excluding hydrogens is 244 g/mol. The average molecular weight is 260 g/mol. The van der Waals surface area contributed by atoms with Crippen LogP contribution in [0.1, 0.15) is 22.8 Å². The Bertz CT molecular complexity index is 592. The summed E-state index contributed by atoms with van der Waals surface area (Å²) in [6.45, 7) is 4.66. The molecule has 0 bridgehead atoms. The van der Waals surface area contributed by atoms with E-state index in [0.29, 0.717) is 5.56 Å². The summed E-state index contributed by atoms with van der Waals surface area (Å²) in [6, 6.07) is 5.66. The van der Waals surface area contributed by atoms with Gasteiger partial charge >= 0.3 is 0 Å². The number of aromatic nitrogens is 4. The highest BCUT2D eigenvalue weighted by Crippen LogP contribution is 2.18. The Morgan fingerprint density at radius 2 is 2.21 bits per heavy atom. The lowest BCUT2D eigenvalue weighted by molar-refractivity contribution is 0.102. The van der Waals surface area contributed by atoms with E-state index in [-0.39, 0.29) is 11.9 Å². The Morgan fingerprint density at radius 1 is 1.42 bits per heavy atom. The van der Waals surface area contributed by atoms with E-state index in [1.54, 1.807) is 7.05 Å². The molecule has 1 amide bonds. The highest BCUT2D eigenvalue weighted by molar-refractivity contribution is 6.07. The lowest BCUT2D eigenvalue weighted by Crippen LogP contribution is -2.16. The summed E-state index contributed by atoms with van der Waals surface area (Å²) in [5, 5.41) is 17.1. The van der Waals surface area contributed by atoms with E-state index < -0.39 is 0 Å². The Balaban J connectivity index is 2.24. The normalized spacial score (nSPS) is 10.3. The molecular formula is C12H16N6O. The predicted molar refractivity (Wildman–Crippen MR) is 72.1 cm³/mol. The highest BCUT2D eigenvalue weighted by Gasteiger charge is 2.13. The number of hydrogen-bond donors (Lipinski definition) is 2. The summed E-state index contributed by atoms with van der Waals surface area (Å²) in [4.78, 5) is 13.5. The van der Waals surface area contributed by atoms with Crippen LogP contribution in [0.5, 0.6) is 0 Å². The number of aryl methyl sites for hydroxylation is 2. The van der Waals surface area contributed by atoms with E-state index in [0.717, 1.165) is 17.8 Å². The van der Waals surface area contributed by atoms with Gasteiger partial charge in [-0.25, -0.2) is 0 Å². The maximum Gasteiger partial charge on any atom is 0.270 e. The first-order valence-corrected chi connectivity index (χ1v) is 6.00. The molecule has 0 aliphatic heterocycles. The molecule has 0 aliphatic carbocycles. The minimum Gasteiger partial charge on any atom is -0.385 e. The van der Waals surface area contributed by atoms with Crippen molar-refractivity contribution < 1.29 is 4.79 Å². The monoisotopic (exact) mass is 260 g/mol. The van der Waals surface area contributed by atoms with Crippen LogP contribution >= 0.6 is 0 Å². The molecule has 2 N–H and O–H groups in total. The SMILES string of the molecule is CCNc1ccc(C)cc1C(=O)Nc1nnn(C)n1. The molecule has 0 saturated heterocycles. The number of tetrazole rings is 1. The molecule has 100 valence electrons. The largest absolute Gasteiger partial charge is 0.385 e. The summed E-state index contributed by atoms with van der Waals surface area (Å²) in [5.74, 6) is -0.0656. The molecule has 1 aromatic heterocycles. The first-order chi connectivity index (χ1) is 9.10. The van der Waals surface area contributed by atoms with Crippen LogP contribution in [0.25, 0.3) is 0 Å². The van der Waals surface area contributed by atoms with Gasteiger partial charge in [-0.15, -0.1) is 5.10 Å². The fraction of sp³-hybridized carbons (Fsp3) is 0.333. The van der Waals surface area contributed by atoms with E-state index in [4.69, 9.17) is 0 Å². The van der Waals surface area contributed by atoms with Gasteiger partial charge < -0.3 is 5.32 Å². The topological polar surface area (TPSA) is 84.7 Å². The quantitative estimate of drug-likeness (QED) is 0.863. The minimum atomic E-state index is -0.257. The maximum atomic E-state index is 12.2. The zero-order valence-electron chi connectivity index (χ0n) is 11.1.